The highest BCUT2D eigenvalue weighted by molar-refractivity contribution is 7.10. The van der Waals surface area contributed by atoms with Crippen molar-refractivity contribution in [1.29, 1.82) is 0 Å². The van der Waals surface area contributed by atoms with Crippen LogP contribution in [0.4, 0.5) is 0 Å². The number of rotatable bonds is 6. The van der Waals surface area contributed by atoms with E-state index in [0.29, 0.717) is 0 Å². The lowest BCUT2D eigenvalue weighted by atomic mass is 10.1. The number of hydrogen-bond acceptors (Lipinski definition) is 5. The van der Waals surface area contributed by atoms with Crippen molar-refractivity contribution in [1.82, 2.24) is 10.3 Å². The molecule has 0 saturated carbocycles. The minimum atomic E-state index is -0.799. The third-order valence-electron chi connectivity index (χ3n) is 2.54. The minimum absolute atomic E-state index is 0.0523. The summed E-state index contributed by atoms with van der Waals surface area (Å²) >= 11 is 3.14. The number of carbonyl (C=O) groups is 1. The molecule has 2 rings (SSSR count). The second-order valence-electron chi connectivity index (χ2n) is 3.92. The normalized spacial score (nSPS) is 14.3. The van der Waals surface area contributed by atoms with E-state index < -0.39 is 5.97 Å². The van der Waals surface area contributed by atoms with E-state index in [4.69, 9.17) is 5.11 Å². The number of thiazole rings is 1. The summed E-state index contributed by atoms with van der Waals surface area (Å²) in [5.41, 5.74) is 0. The van der Waals surface area contributed by atoms with E-state index in [1.165, 1.54) is 0 Å². The molecule has 2 unspecified atom stereocenters. The maximum atomic E-state index is 10.9. The van der Waals surface area contributed by atoms with Crippen molar-refractivity contribution >= 4 is 28.6 Å². The highest BCUT2D eigenvalue weighted by Crippen LogP contribution is 2.26. The van der Waals surface area contributed by atoms with Crippen LogP contribution >= 0.6 is 22.7 Å². The van der Waals surface area contributed by atoms with Crippen LogP contribution in [-0.4, -0.2) is 16.1 Å². The van der Waals surface area contributed by atoms with Gasteiger partial charge in [0, 0.05) is 16.5 Å². The van der Waals surface area contributed by atoms with Crippen LogP contribution in [0.2, 0.25) is 0 Å². The Morgan fingerprint density at radius 1 is 1.50 bits per heavy atom. The zero-order valence-electron chi connectivity index (χ0n) is 9.87. The molecule has 0 radical (unpaired) electrons. The molecule has 2 heterocycles. The number of thiophene rings is 1. The van der Waals surface area contributed by atoms with Crippen LogP contribution in [0.25, 0.3) is 0 Å². The Morgan fingerprint density at radius 3 is 2.89 bits per heavy atom. The summed E-state index contributed by atoms with van der Waals surface area (Å²) in [7, 11) is 0. The zero-order chi connectivity index (χ0) is 13.0. The number of aromatic nitrogens is 1. The van der Waals surface area contributed by atoms with Crippen LogP contribution in [-0.2, 0) is 4.79 Å². The molecule has 0 saturated heterocycles. The topological polar surface area (TPSA) is 62.2 Å². The van der Waals surface area contributed by atoms with E-state index in [1.54, 1.807) is 28.9 Å². The van der Waals surface area contributed by atoms with Crippen molar-refractivity contribution in [3.63, 3.8) is 0 Å². The van der Waals surface area contributed by atoms with Crippen molar-refractivity contribution in [3.8, 4) is 0 Å². The largest absolute Gasteiger partial charge is 0.481 e. The third-order valence-corrected chi connectivity index (χ3v) is 4.48. The Morgan fingerprint density at radius 2 is 2.33 bits per heavy atom. The Hall–Kier alpha value is -1.24. The molecular weight excluding hydrogens is 268 g/mol. The van der Waals surface area contributed by atoms with Crippen molar-refractivity contribution in [3.05, 3.63) is 39.0 Å². The molecule has 2 atom stereocenters. The van der Waals surface area contributed by atoms with E-state index >= 15 is 0 Å². The molecule has 0 aliphatic rings. The summed E-state index contributed by atoms with van der Waals surface area (Å²) in [6.45, 7) is 2.00. The Bertz CT molecular complexity index is 482. The van der Waals surface area contributed by atoms with Gasteiger partial charge in [-0.2, -0.15) is 0 Å². The van der Waals surface area contributed by atoms with Crippen LogP contribution in [0.1, 0.15) is 35.3 Å². The first kappa shape index (κ1) is 13.2. The van der Waals surface area contributed by atoms with Crippen LogP contribution in [0.5, 0.6) is 0 Å². The average Bonchev–Trinajstić information content (AvgIpc) is 3.01. The van der Waals surface area contributed by atoms with Gasteiger partial charge in [-0.15, -0.1) is 22.7 Å². The molecule has 2 aromatic rings. The van der Waals surface area contributed by atoms with Crippen LogP contribution in [0.15, 0.2) is 29.1 Å². The fraction of sp³-hybridized carbons (Fsp3) is 0.333. The van der Waals surface area contributed by atoms with Crippen molar-refractivity contribution in [2.24, 2.45) is 0 Å². The Labute approximate surface area is 113 Å². The predicted molar refractivity (Wildman–Crippen MR) is 73.0 cm³/mol. The van der Waals surface area contributed by atoms with E-state index in [2.05, 4.69) is 10.3 Å². The quantitative estimate of drug-likeness (QED) is 0.854. The lowest BCUT2D eigenvalue weighted by molar-refractivity contribution is -0.137. The van der Waals surface area contributed by atoms with Gasteiger partial charge in [-0.3, -0.25) is 10.1 Å². The van der Waals surface area contributed by atoms with Gasteiger partial charge in [0.05, 0.1) is 18.5 Å². The summed E-state index contributed by atoms with van der Waals surface area (Å²) in [6, 6.07) is 3.78. The van der Waals surface area contributed by atoms with Gasteiger partial charge in [0.15, 0.2) is 0 Å². The van der Waals surface area contributed by atoms with Gasteiger partial charge in [-0.1, -0.05) is 6.07 Å². The molecule has 0 aliphatic heterocycles. The molecule has 96 valence electrons. The lowest BCUT2D eigenvalue weighted by Gasteiger charge is -2.19. The fourth-order valence-electron chi connectivity index (χ4n) is 1.73. The van der Waals surface area contributed by atoms with Gasteiger partial charge >= 0.3 is 5.97 Å². The van der Waals surface area contributed by atoms with Crippen LogP contribution in [0, 0.1) is 0 Å². The summed E-state index contributed by atoms with van der Waals surface area (Å²) in [4.78, 5) is 16.2. The first-order valence-corrected chi connectivity index (χ1v) is 7.33. The van der Waals surface area contributed by atoms with Crippen LogP contribution < -0.4 is 5.32 Å². The highest BCUT2D eigenvalue weighted by atomic mass is 32.1. The highest BCUT2D eigenvalue weighted by Gasteiger charge is 2.20. The van der Waals surface area contributed by atoms with Gasteiger partial charge in [-0.05, 0) is 18.4 Å². The lowest BCUT2D eigenvalue weighted by Crippen LogP contribution is -2.26. The maximum Gasteiger partial charge on any atom is 0.305 e. The first-order valence-electron chi connectivity index (χ1n) is 5.57. The number of carboxylic acids is 1. The standard InChI is InChI=1S/C12H14N2O2S2/c1-8(12-13-4-6-18-12)14-9(7-11(15)16)10-3-2-5-17-10/h2-6,8-9,14H,7H2,1H3,(H,15,16). The van der Waals surface area contributed by atoms with E-state index in [0.717, 1.165) is 9.88 Å². The van der Waals surface area contributed by atoms with Gasteiger partial charge in [-0.25, -0.2) is 4.98 Å². The molecule has 0 spiro atoms. The molecule has 0 amide bonds. The molecule has 0 fully saturated rings. The van der Waals surface area contributed by atoms with Gasteiger partial charge in [0.25, 0.3) is 0 Å². The zero-order valence-corrected chi connectivity index (χ0v) is 11.5. The van der Waals surface area contributed by atoms with E-state index in [1.807, 2.05) is 29.8 Å². The number of carboxylic acid groups (broad SMARTS) is 1. The summed E-state index contributed by atoms with van der Waals surface area (Å²) in [5, 5.41) is 17.2. The molecule has 0 aromatic carbocycles. The Balaban J connectivity index is 2.08. The number of nitrogens with zero attached hydrogens (tertiary/aromatic N) is 1. The number of nitrogens with one attached hydrogen (secondary N) is 1. The summed E-state index contributed by atoms with van der Waals surface area (Å²) < 4.78 is 0. The second-order valence-corrected chi connectivity index (χ2v) is 5.83. The number of hydrogen-bond donors (Lipinski definition) is 2. The first-order chi connectivity index (χ1) is 8.66. The number of aliphatic carboxylic acids is 1. The fourth-order valence-corrected chi connectivity index (χ4v) is 3.17. The van der Waals surface area contributed by atoms with E-state index in [-0.39, 0.29) is 18.5 Å². The maximum absolute atomic E-state index is 10.9. The minimum Gasteiger partial charge on any atom is -0.481 e. The Kier molecular flexibility index (Phi) is 4.46. The van der Waals surface area contributed by atoms with Crippen molar-refractivity contribution < 1.29 is 9.90 Å². The van der Waals surface area contributed by atoms with E-state index in [9.17, 15) is 4.79 Å². The van der Waals surface area contributed by atoms with Gasteiger partial charge in [0.1, 0.15) is 5.01 Å². The predicted octanol–water partition coefficient (Wildman–Crippen LogP) is 3.07. The molecule has 18 heavy (non-hydrogen) atoms. The van der Waals surface area contributed by atoms with Gasteiger partial charge < -0.3 is 5.11 Å². The summed E-state index contributed by atoms with van der Waals surface area (Å²) in [6.07, 6.45) is 1.84. The smallest absolute Gasteiger partial charge is 0.305 e. The monoisotopic (exact) mass is 282 g/mol. The molecule has 2 N–H and O–H groups in total. The molecule has 6 heteroatoms. The van der Waals surface area contributed by atoms with Crippen molar-refractivity contribution in [2.45, 2.75) is 25.4 Å². The molecular formula is C12H14N2O2S2. The molecule has 2 aromatic heterocycles. The SMILES string of the molecule is CC(NC(CC(=O)O)c1cccs1)c1nccs1. The average molecular weight is 282 g/mol. The molecule has 0 bridgehead atoms. The third kappa shape index (κ3) is 3.38. The second kappa shape index (κ2) is 6.08. The molecule has 0 aliphatic carbocycles. The summed E-state index contributed by atoms with van der Waals surface area (Å²) in [5.74, 6) is -0.799. The molecule has 4 nitrogen and oxygen atoms in total. The van der Waals surface area contributed by atoms with Crippen LogP contribution in [0.3, 0.4) is 0 Å². The van der Waals surface area contributed by atoms with Gasteiger partial charge in [0.2, 0.25) is 0 Å². The van der Waals surface area contributed by atoms with Crippen molar-refractivity contribution in [2.75, 3.05) is 0 Å².